The summed E-state index contributed by atoms with van der Waals surface area (Å²) in [5.41, 5.74) is 9.16. The number of halogens is 1. The Morgan fingerprint density at radius 2 is 2.04 bits per heavy atom. The minimum absolute atomic E-state index is 0.0953. The Kier molecular flexibility index (Phi) is 4.08. The van der Waals surface area contributed by atoms with E-state index in [1.807, 2.05) is 12.1 Å². The summed E-state index contributed by atoms with van der Waals surface area (Å²) < 4.78 is 5.48. The molecule has 0 atom stereocenters. The fraction of sp³-hybridized carbons (Fsp3) is 0.222. The van der Waals surface area contributed by atoms with E-state index in [4.69, 9.17) is 21.9 Å². The van der Waals surface area contributed by atoms with E-state index in [9.17, 15) is 4.79 Å². The molecule has 3 heterocycles. The maximum atomic E-state index is 12.8. The molecule has 7 nitrogen and oxygen atoms in total. The molecule has 8 heteroatoms. The van der Waals surface area contributed by atoms with Crippen LogP contribution in [0.1, 0.15) is 27.5 Å². The van der Waals surface area contributed by atoms with E-state index in [1.165, 1.54) is 0 Å². The second kappa shape index (κ2) is 6.42. The maximum absolute atomic E-state index is 12.8. The van der Waals surface area contributed by atoms with E-state index in [0.717, 1.165) is 22.6 Å². The van der Waals surface area contributed by atoms with Gasteiger partial charge in [-0.15, -0.1) is 0 Å². The summed E-state index contributed by atoms with van der Waals surface area (Å²) in [5.74, 6) is 0.714. The van der Waals surface area contributed by atoms with Crippen LogP contribution < -0.4 is 5.73 Å². The molecule has 0 saturated heterocycles. The number of carbonyl (C=O) groups excluding carboxylic acids is 1. The number of nitrogens with two attached hydrogens (primary N) is 1. The first-order valence-electron chi connectivity index (χ1n) is 8.15. The largest absolute Gasteiger partial charge is 0.368 e. The van der Waals surface area contributed by atoms with Gasteiger partial charge in [0.05, 0.1) is 6.54 Å². The van der Waals surface area contributed by atoms with Gasteiger partial charge in [-0.3, -0.25) is 4.79 Å². The number of hydrogen-bond acceptors (Lipinski definition) is 6. The normalized spacial score (nSPS) is 13.5. The predicted molar refractivity (Wildman–Crippen MR) is 96.6 cm³/mol. The highest BCUT2D eigenvalue weighted by Crippen LogP contribution is 2.31. The van der Waals surface area contributed by atoms with Crippen molar-refractivity contribution in [2.75, 3.05) is 12.3 Å². The summed E-state index contributed by atoms with van der Waals surface area (Å²) in [6.07, 6.45) is 0.598. The number of carbonyl (C=O) groups is 1. The highest BCUT2D eigenvalue weighted by atomic mass is 35.5. The van der Waals surface area contributed by atoms with Gasteiger partial charge in [0, 0.05) is 34.8 Å². The average molecular weight is 370 g/mol. The Morgan fingerprint density at radius 3 is 2.77 bits per heavy atom. The molecule has 4 rings (SSSR count). The summed E-state index contributed by atoms with van der Waals surface area (Å²) in [6, 6.07) is 9.01. The number of aromatic nitrogens is 3. The number of nitrogens with zero attached hydrogens (tertiary/aromatic N) is 4. The first kappa shape index (κ1) is 16.5. The van der Waals surface area contributed by atoms with Gasteiger partial charge >= 0.3 is 0 Å². The number of rotatable bonds is 2. The fourth-order valence-electron chi connectivity index (χ4n) is 3.08. The van der Waals surface area contributed by atoms with Crippen molar-refractivity contribution in [1.82, 2.24) is 20.0 Å². The van der Waals surface area contributed by atoms with Gasteiger partial charge in [-0.2, -0.15) is 0 Å². The highest BCUT2D eigenvalue weighted by molar-refractivity contribution is 6.30. The van der Waals surface area contributed by atoms with Gasteiger partial charge in [-0.05, 0) is 25.1 Å². The molecule has 0 unspecified atom stereocenters. The summed E-state index contributed by atoms with van der Waals surface area (Å²) in [4.78, 5) is 22.6. The van der Waals surface area contributed by atoms with Gasteiger partial charge < -0.3 is 15.2 Å². The van der Waals surface area contributed by atoms with Crippen LogP contribution in [-0.4, -0.2) is 32.5 Å². The second-order valence-corrected chi connectivity index (χ2v) is 6.61. The molecule has 1 aliphatic heterocycles. The molecule has 26 heavy (non-hydrogen) atoms. The number of nitrogen functional groups attached to an aromatic ring is 1. The Hall–Kier alpha value is -2.93. The molecule has 2 N–H and O–H groups in total. The van der Waals surface area contributed by atoms with E-state index in [1.54, 1.807) is 30.0 Å². The van der Waals surface area contributed by atoms with E-state index in [0.29, 0.717) is 35.9 Å². The van der Waals surface area contributed by atoms with Crippen molar-refractivity contribution in [3.63, 3.8) is 0 Å². The summed E-state index contributed by atoms with van der Waals surface area (Å²) in [7, 11) is 0. The molecule has 0 aliphatic carbocycles. The van der Waals surface area contributed by atoms with Crippen LogP contribution >= 0.6 is 11.6 Å². The molecule has 0 fully saturated rings. The number of amides is 1. The number of aryl methyl sites for hydroxylation is 1. The van der Waals surface area contributed by atoms with Gasteiger partial charge in [0.1, 0.15) is 17.1 Å². The van der Waals surface area contributed by atoms with Crippen LogP contribution in [0.25, 0.3) is 11.3 Å². The SMILES string of the molecule is Cc1cc(C(=O)N2CCc3onc(-c4ccc(Cl)cc4)c3C2)nc(N)n1. The van der Waals surface area contributed by atoms with Crippen molar-refractivity contribution < 1.29 is 9.32 Å². The third kappa shape index (κ3) is 3.01. The second-order valence-electron chi connectivity index (χ2n) is 6.17. The average Bonchev–Trinajstić information content (AvgIpc) is 3.04. The van der Waals surface area contributed by atoms with Crippen molar-refractivity contribution in [1.29, 1.82) is 0 Å². The molecule has 0 spiro atoms. The van der Waals surface area contributed by atoms with Crippen molar-refractivity contribution in [2.24, 2.45) is 0 Å². The van der Waals surface area contributed by atoms with Gasteiger partial charge in [-0.1, -0.05) is 28.9 Å². The number of fused-ring (bicyclic) bond motifs is 1. The number of anilines is 1. The van der Waals surface area contributed by atoms with Crippen LogP contribution in [0.5, 0.6) is 0 Å². The molecule has 0 saturated carbocycles. The van der Waals surface area contributed by atoms with Crippen LogP contribution in [0.2, 0.25) is 5.02 Å². The van der Waals surface area contributed by atoms with Crippen LogP contribution in [0.4, 0.5) is 5.95 Å². The summed E-state index contributed by atoms with van der Waals surface area (Å²) in [5, 5.41) is 4.84. The molecule has 1 amide bonds. The Morgan fingerprint density at radius 1 is 1.27 bits per heavy atom. The third-order valence-corrected chi connectivity index (χ3v) is 4.57. The van der Waals surface area contributed by atoms with Gasteiger partial charge in [0.25, 0.3) is 5.91 Å². The molecular formula is C18H16ClN5O2. The van der Waals surface area contributed by atoms with Gasteiger partial charge in [0.15, 0.2) is 0 Å². The van der Waals surface area contributed by atoms with E-state index >= 15 is 0 Å². The molecule has 2 aromatic heterocycles. The number of benzene rings is 1. The Labute approximate surface area is 154 Å². The zero-order valence-electron chi connectivity index (χ0n) is 14.1. The Balaban J connectivity index is 1.64. The van der Waals surface area contributed by atoms with Crippen molar-refractivity contribution in [3.8, 4) is 11.3 Å². The van der Waals surface area contributed by atoms with Crippen molar-refractivity contribution in [3.05, 3.63) is 58.1 Å². The van der Waals surface area contributed by atoms with Gasteiger partial charge in [-0.25, -0.2) is 9.97 Å². The van der Waals surface area contributed by atoms with Crippen LogP contribution in [0, 0.1) is 6.92 Å². The minimum Gasteiger partial charge on any atom is -0.368 e. The molecule has 3 aromatic rings. The lowest BCUT2D eigenvalue weighted by Crippen LogP contribution is -2.36. The third-order valence-electron chi connectivity index (χ3n) is 4.32. The van der Waals surface area contributed by atoms with Crippen LogP contribution in [-0.2, 0) is 13.0 Å². The first-order chi connectivity index (χ1) is 12.5. The van der Waals surface area contributed by atoms with E-state index in [2.05, 4.69) is 15.1 Å². The zero-order chi connectivity index (χ0) is 18.3. The maximum Gasteiger partial charge on any atom is 0.272 e. The fourth-order valence-corrected chi connectivity index (χ4v) is 3.21. The molecule has 1 aromatic carbocycles. The minimum atomic E-state index is -0.184. The first-order valence-corrected chi connectivity index (χ1v) is 8.53. The molecule has 132 valence electrons. The van der Waals surface area contributed by atoms with Crippen molar-refractivity contribution in [2.45, 2.75) is 19.9 Å². The van der Waals surface area contributed by atoms with E-state index < -0.39 is 0 Å². The van der Waals surface area contributed by atoms with E-state index in [-0.39, 0.29) is 11.9 Å². The molecule has 1 aliphatic rings. The van der Waals surface area contributed by atoms with Gasteiger partial charge in [0.2, 0.25) is 5.95 Å². The lowest BCUT2D eigenvalue weighted by molar-refractivity contribution is 0.0723. The van der Waals surface area contributed by atoms with Crippen LogP contribution in [0.15, 0.2) is 34.9 Å². The smallest absolute Gasteiger partial charge is 0.272 e. The Bertz CT molecular complexity index is 963. The van der Waals surface area contributed by atoms with Crippen LogP contribution in [0.3, 0.4) is 0 Å². The summed E-state index contributed by atoms with van der Waals surface area (Å²) in [6.45, 7) is 2.71. The lowest BCUT2D eigenvalue weighted by atomic mass is 10.0. The summed E-state index contributed by atoms with van der Waals surface area (Å²) >= 11 is 5.96. The standard InChI is InChI=1S/C18H16ClN5O2/c1-10-8-14(22-18(20)21-10)17(25)24-7-6-15-13(9-24)16(23-26-15)11-2-4-12(19)5-3-11/h2-5,8H,6-7,9H2,1H3,(H2,20,21,22). The quantitative estimate of drug-likeness (QED) is 0.745. The molecular weight excluding hydrogens is 354 g/mol. The predicted octanol–water partition coefficient (Wildman–Crippen LogP) is 2.87. The lowest BCUT2D eigenvalue weighted by Gasteiger charge is -2.26. The van der Waals surface area contributed by atoms with Crippen molar-refractivity contribution >= 4 is 23.5 Å². The monoisotopic (exact) mass is 369 g/mol. The molecule has 0 radical (unpaired) electrons. The topological polar surface area (TPSA) is 98.1 Å². The zero-order valence-corrected chi connectivity index (χ0v) is 14.8. The highest BCUT2D eigenvalue weighted by Gasteiger charge is 2.28. The number of hydrogen-bond donors (Lipinski definition) is 1. The molecule has 0 bridgehead atoms.